The van der Waals surface area contributed by atoms with Gasteiger partial charge in [-0.3, -0.25) is 14.5 Å². The third-order valence-electron chi connectivity index (χ3n) is 2.86. The zero-order valence-corrected chi connectivity index (χ0v) is 14.5. The van der Waals surface area contributed by atoms with E-state index in [4.69, 9.17) is 9.47 Å². The quantitative estimate of drug-likeness (QED) is 0.568. The van der Waals surface area contributed by atoms with E-state index < -0.39 is 11.9 Å². The molecule has 0 fully saturated rings. The van der Waals surface area contributed by atoms with E-state index in [-0.39, 0.29) is 25.0 Å². The molecule has 7 nitrogen and oxygen atoms in total. The van der Waals surface area contributed by atoms with Crippen LogP contribution in [-0.4, -0.2) is 55.5 Å². The fourth-order valence-electron chi connectivity index (χ4n) is 1.93. The molecule has 0 saturated carbocycles. The molecule has 0 saturated heterocycles. The van der Waals surface area contributed by atoms with E-state index in [0.29, 0.717) is 17.9 Å². The molecule has 0 atom stereocenters. The van der Waals surface area contributed by atoms with Gasteiger partial charge in [0.25, 0.3) is 0 Å². The van der Waals surface area contributed by atoms with Gasteiger partial charge >= 0.3 is 11.9 Å². The van der Waals surface area contributed by atoms with Crippen molar-refractivity contribution in [2.24, 2.45) is 0 Å². The number of esters is 2. The molecule has 0 aliphatic rings. The summed E-state index contributed by atoms with van der Waals surface area (Å²) in [6, 6.07) is 6.15. The summed E-state index contributed by atoms with van der Waals surface area (Å²) in [4.78, 5) is 36.6. The third-order valence-corrected chi connectivity index (χ3v) is 2.86. The first kappa shape index (κ1) is 19.6. The summed E-state index contributed by atoms with van der Waals surface area (Å²) in [5.74, 6) is -0.739. The van der Waals surface area contributed by atoms with Gasteiger partial charge in [-0.15, -0.1) is 0 Å². The van der Waals surface area contributed by atoms with Crippen molar-refractivity contribution in [1.82, 2.24) is 10.2 Å². The van der Waals surface area contributed by atoms with Crippen molar-refractivity contribution in [3.8, 4) is 5.75 Å². The van der Waals surface area contributed by atoms with Gasteiger partial charge < -0.3 is 14.8 Å². The van der Waals surface area contributed by atoms with Crippen molar-refractivity contribution in [1.29, 1.82) is 0 Å². The Morgan fingerprint density at radius 1 is 1.12 bits per heavy atom. The SMILES string of the molecule is CCOC(=O)c1ccc(OC(=O)CN(C)CC(=O)NC(C)C)cc1. The lowest BCUT2D eigenvalue weighted by Crippen LogP contribution is -2.40. The van der Waals surface area contributed by atoms with Crippen molar-refractivity contribution in [2.75, 3.05) is 26.7 Å². The molecule has 7 heteroatoms. The van der Waals surface area contributed by atoms with Crippen molar-refractivity contribution in [2.45, 2.75) is 26.8 Å². The Bertz CT molecular complexity index is 569. The lowest BCUT2D eigenvalue weighted by Gasteiger charge is -2.16. The highest BCUT2D eigenvalue weighted by Gasteiger charge is 2.13. The molecule has 0 spiro atoms. The number of ether oxygens (including phenoxy) is 2. The molecule has 1 N–H and O–H groups in total. The number of nitrogens with one attached hydrogen (secondary N) is 1. The van der Waals surface area contributed by atoms with Crippen LogP contribution >= 0.6 is 0 Å². The van der Waals surface area contributed by atoms with Crippen molar-refractivity contribution >= 4 is 17.8 Å². The van der Waals surface area contributed by atoms with E-state index >= 15 is 0 Å². The number of hydrogen-bond donors (Lipinski definition) is 1. The maximum Gasteiger partial charge on any atom is 0.338 e. The van der Waals surface area contributed by atoms with Gasteiger partial charge in [-0.1, -0.05) is 0 Å². The summed E-state index contributed by atoms with van der Waals surface area (Å²) in [6.45, 7) is 5.84. The largest absolute Gasteiger partial charge is 0.462 e. The molecule has 1 aromatic carbocycles. The fourth-order valence-corrected chi connectivity index (χ4v) is 1.93. The van der Waals surface area contributed by atoms with Gasteiger partial charge in [0.1, 0.15) is 5.75 Å². The van der Waals surface area contributed by atoms with Crippen LogP contribution in [0.15, 0.2) is 24.3 Å². The molecule has 0 radical (unpaired) electrons. The first-order chi connectivity index (χ1) is 11.3. The highest BCUT2D eigenvalue weighted by Crippen LogP contribution is 2.13. The van der Waals surface area contributed by atoms with Crippen LogP contribution in [-0.2, 0) is 14.3 Å². The van der Waals surface area contributed by atoms with E-state index in [1.165, 1.54) is 24.3 Å². The Labute approximate surface area is 141 Å². The molecule has 24 heavy (non-hydrogen) atoms. The first-order valence-electron chi connectivity index (χ1n) is 7.77. The molecule has 1 aromatic rings. The van der Waals surface area contributed by atoms with Crippen molar-refractivity contribution < 1.29 is 23.9 Å². The van der Waals surface area contributed by atoms with E-state index in [0.717, 1.165) is 0 Å². The maximum absolute atomic E-state index is 11.9. The number of carbonyl (C=O) groups excluding carboxylic acids is 3. The van der Waals surface area contributed by atoms with E-state index in [1.807, 2.05) is 13.8 Å². The zero-order valence-electron chi connectivity index (χ0n) is 14.5. The standard InChI is InChI=1S/C17H24N2O5/c1-5-23-17(22)13-6-8-14(9-7-13)24-16(21)11-19(4)10-15(20)18-12(2)3/h6-9,12H,5,10-11H2,1-4H3,(H,18,20). The molecule has 0 bridgehead atoms. The van der Waals surface area contributed by atoms with Gasteiger partial charge in [-0.2, -0.15) is 0 Å². The average molecular weight is 336 g/mol. The van der Waals surface area contributed by atoms with Crippen LogP contribution in [0.2, 0.25) is 0 Å². The van der Waals surface area contributed by atoms with Gasteiger partial charge in [-0.25, -0.2) is 4.79 Å². The van der Waals surface area contributed by atoms with Crippen molar-refractivity contribution in [3.05, 3.63) is 29.8 Å². The lowest BCUT2D eigenvalue weighted by atomic mass is 10.2. The molecular formula is C17H24N2O5. The van der Waals surface area contributed by atoms with Gasteiger partial charge in [0.2, 0.25) is 5.91 Å². The molecule has 1 amide bonds. The maximum atomic E-state index is 11.9. The van der Waals surface area contributed by atoms with Crippen molar-refractivity contribution in [3.63, 3.8) is 0 Å². The molecule has 0 unspecified atom stereocenters. The summed E-state index contributed by atoms with van der Waals surface area (Å²) in [5.41, 5.74) is 0.388. The molecule has 0 aromatic heterocycles. The second-order valence-electron chi connectivity index (χ2n) is 5.61. The number of nitrogens with zero attached hydrogens (tertiary/aromatic N) is 1. The van der Waals surface area contributed by atoms with Crippen LogP contribution < -0.4 is 10.1 Å². The summed E-state index contributed by atoms with van der Waals surface area (Å²) < 4.78 is 10.1. The smallest absolute Gasteiger partial charge is 0.338 e. The third kappa shape index (κ3) is 7.23. The van der Waals surface area contributed by atoms with Crippen LogP contribution in [0.5, 0.6) is 5.75 Å². The van der Waals surface area contributed by atoms with E-state index in [9.17, 15) is 14.4 Å². The summed E-state index contributed by atoms with van der Waals surface area (Å²) in [6.07, 6.45) is 0. The number of benzene rings is 1. The molecule has 0 heterocycles. The Kier molecular flexibility index (Phi) is 7.91. The predicted octanol–water partition coefficient (Wildman–Crippen LogP) is 1.23. The summed E-state index contributed by atoms with van der Waals surface area (Å²) >= 11 is 0. The monoisotopic (exact) mass is 336 g/mol. The summed E-state index contributed by atoms with van der Waals surface area (Å²) in [5, 5.41) is 2.75. The normalized spacial score (nSPS) is 10.6. The topological polar surface area (TPSA) is 84.9 Å². The molecule has 132 valence electrons. The second kappa shape index (κ2) is 9.67. The van der Waals surface area contributed by atoms with Crippen LogP contribution in [0.3, 0.4) is 0 Å². The highest BCUT2D eigenvalue weighted by atomic mass is 16.5. The minimum atomic E-state index is -0.487. The molecular weight excluding hydrogens is 312 g/mol. The number of amides is 1. The second-order valence-corrected chi connectivity index (χ2v) is 5.61. The van der Waals surface area contributed by atoms with Crippen LogP contribution in [0, 0.1) is 0 Å². The Balaban J connectivity index is 2.47. The minimum Gasteiger partial charge on any atom is -0.462 e. The Hall–Kier alpha value is -2.41. The highest BCUT2D eigenvalue weighted by molar-refractivity contribution is 5.89. The molecule has 0 aliphatic carbocycles. The van der Waals surface area contributed by atoms with E-state index in [2.05, 4.69) is 5.32 Å². The Morgan fingerprint density at radius 2 is 1.75 bits per heavy atom. The number of carbonyl (C=O) groups is 3. The zero-order chi connectivity index (χ0) is 18.1. The van der Waals surface area contributed by atoms with Crippen LogP contribution in [0.1, 0.15) is 31.1 Å². The van der Waals surface area contributed by atoms with Crippen LogP contribution in [0.4, 0.5) is 0 Å². The predicted molar refractivity (Wildman–Crippen MR) is 88.8 cm³/mol. The molecule has 1 rings (SSSR count). The first-order valence-corrected chi connectivity index (χ1v) is 7.77. The number of likely N-dealkylation sites (N-methyl/N-ethyl adjacent to an activating group) is 1. The van der Waals surface area contributed by atoms with E-state index in [1.54, 1.807) is 18.9 Å². The average Bonchev–Trinajstić information content (AvgIpc) is 2.46. The van der Waals surface area contributed by atoms with Crippen LogP contribution in [0.25, 0.3) is 0 Å². The van der Waals surface area contributed by atoms with Gasteiger partial charge in [0.15, 0.2) is 0 Å². The van der Waals surface area contributed by atoms with Gasteiger partial charge in [-0.05, 0) is 52.1 Å². The number of rotatable bonds is 8. The number of hydrogen-bond acceptors (Lipinski definition) is 6. The Morgan fingerprint density at radius 3 is 2.29 bits per heavy atom. The van der Waals surface area contributed by atoms with Gasteiger partial charge in [0, 0.05) is 6.04 Å². The summed E-state index contributed by atoms with van der Waals surface area (Å²) in [7, 11) is 1.66. The lowest BCUT2D eigenvalue weighted by molar-refractivity contribution is -0.135. The molecule has 0 aliphatic heterocycles. The minimum absolute atomic E-state index is 0.0227. The fraction of sp³-hybridized carbons (Fsp3) is 0.471. The van der Waals surface area contributed by atoms with Gasteiger partial charge in [0.05, 0.1) is 25.3 Å².